The van der Waals surface area contributed by atoms with Gasteiger partial charge in [-0.2, -0.15) is 0 Å². The monoisotopic (exact) mass is 433 g/mol. The van der Waals surface area contributed by atoms with Gasteiger partial charge in [-0.1, -0.05) is 23.4 Å². The lowest BCUT2D eigenvalue weighted by molar-refractivity contribution is 0.0717. The summed E-state index contributed by atoms with van der Waals surface area (Å²) in [5.74, 6) is 2.30. The average Bonchev–Trinajstić information content (AvgIpc) is 3.35. The number of rotatable bonds is 6. The molecular formula is C25H31N5O2. The summed E-state index contributed by atoms with van der Waals surface area (Å²) in [7, 11) is 0. The summed E-state index contributed by atoms with van der Waals surface area (Å²) in [5, 5.41) is 5.48. The highest BCUT2D eigenvalue weighted by atomic mass is 16.5. The number of hydrogen-bond donors (Lipinski definition) is 0. The molecule has 32 heavy (non-hydrogen) atoms. The van der Waals surface area contributed by atoms with Crippen LogP contribution in [0.2, 0.25) is 0 Å². The Morgan fingerprint density at radius 2 is 1.97 bits per heavy atom. The summed E-state index contributed by atoms with van der Waals surface area (Å²) in [6, 6.07) is 13.6. The first-order valence-corrected chi connectivity index (χ1v) is 11.9. The summed E-state index contributed by atoms with van der Waals surface area (Å²) in [4.78, 5) is 12.0. The Morgan fingerprint density at radius 3 is 2.81 bits per heavy atom. The minimum Gasteiger partial charge on any atom is -0.477 e. The molecule has 0 radical (unpaired) electrons. The third kappa shape index (κ3) is 4.07. The number of pyridine rings is 1. The number of benzene rings is 1. The van der Waals surface area contributed by atoms with Crippen LogP contribution < -0.4 is 9.64 Å². The van der Waals surface area contributed by atoms with E-state index < -0.39 is 0 Å². The molecule has 168 valence electrons. The van der Waals surface area contributed by atoms with Gasteiger partial charge in [0.15, 0.2) is 11.4 Å². The quantitative estimate of drug-likeness (QED) is 0.552. The van der Waals surface area contributed by atoms with Gasteiger partial charge in [-0.05, 0) is 37.5 Å². The molecule has 4 atom stereocenters. The molecule has 0 aliphatic carbocycles. The first-order chi connectivity index (χ1) is 15.7. The van der Waals surface area contributed by atoms with Crippen LogP contribution in [0.15, 0.2) is 47.1 Å². The predicted octanol–water partition coefficient (Wildman–Crippen LogP) is 3.41. The molecule has 0 bridgehead atoms. The molecule has 3 fully saturated rings. The Labute approximate surface area is 188 Å². The van der Waals surface area contributed by atoms with Gasteiger partial charge in [-0.3, -0.25) is 9.80 Å². The summed E-state index contributed by atoms with van der Waals surface area (Å²) >= 11 is 0. The normalized spacial score (nSPS) is 28.0. The van der Waals surface area contributed by atoms with Crippen molar-refractivity contribution in [1.82, 2.24) is 19.9 Å². The maximum absolute atomic E-state index is 6.07. The Kier molecular flexibility index (Phi) is 5.23. The summed E-state index contributed by atoms with van der Waals surface area (Å²) < 4.78 is 11.6. The van der Waals surface area contributed by atoms with E-state index in [1.807, 2.05) is 24.4 Å². The summed E-state index contributed by atoms with van der Waals surface area (Å²) in [5.41, 5.74) is 2.13. The third-order valence-corrected chi connectivity index (χ3v) is 7.30. The second-order valence-electron chi connectivity index (χ2n) is 9.63. The number of ether oxygens (including phenoxy) is 1. The fraction of sp³-hybridized carbons (Fsp3) is 0.520. The van der Waals surface area contributed by atoms with Gasteiger partial charge in [0.25, 0.3) is 0 Å². The Bertz CT molecular complexity index is 1070. The van der Waals surface area contributed by atoms with Crippen LogP contribution in [0.1, 0.15) is 25.3 Å². The van der Waals surface area contributed by atoms with Crippen LogP contribution in [0.3, 0.4) is 0 Å². The first-order valence-electron chi connectivity index (χ1n) is 11.9. The third-order valence-electron chi connectivity index (χ3n) is 7.30. The zero-order valence-electron chi connectivity index (χ0n) is 18.7. The van der Waals surface area contributed by atoms with E-state index in [-0.39, 0.29) is 0 Å². The van der Waals surface area contributed by atoms with E-state index in [2.05, 4.69) is 50.0 Å². The van der Waals surface area contributed by atoms with E-state index >= 15 is 0 Å². The smallest absolute Gasteiger partial charge is 0.213 e. The Morgan fingerprint density at radius 1 is 1.06 bits per heavy atom. The number of fused-ring (bicyclic) bond motifs is 2. The van der Waals surface area contributed by atoms with E-state index in [9.17, 15) is 0 Å². The van der Waals surface area contributed by atoms with Gasteiger partial charge in [0.05, 0.1) is 12.0 Å². The number of piperazine rings is 1. The van der Waals surface area contributed by atoms with Crippen molar-refractivity contribution < 1.29 is 9.26 Å². The Hall–Kier alpha value is -2.64. The standard InChI is InChI=1S/C25H31N5O2/c1-18-13-30(18)14-19-7-9-24(26-12-19)31-17-20-6-8-21-16-29(11-10-28(21)15-20)25-22-4-2-3-5-23(22)32-27-25/h2-5,7,9,12,18,20-21H,6,8,10-11,13-17H2,1H3/t18?,20-,21+,30?/m1/s1. The molecule has 7 heteroatoms. The molecule has 3 aromatic rings. The van der Waals surface area contributed by atoms with Gasteiger partial charge >= 0.3 is 0 Å². The van der Waals surface area contributed by atoms with Crippen LogP contribution in [0, 0.1) is 5.92 Å². The van der Waals surface area contributed by atoms with Crippen molar-refractivity contribution in [1.29, 1.82) is 0 Å². The van der Waals surface area contributed by atoms with Crippen molar-refractivity contribution in [3.63, 3.8) is 0 Å². The zero-order chi connectivity index (χ0) is 21.5. The predicted molar refractivity (Wildman–Crippen MR) is 124 cm³/mol. The van der Waals surface area contributed by atoms with Crippen molar-refractivity contribution in [3.8, 4) is 5.88 Å². The van der Waals surface area contributed by atoms with Gasteiger partial charge in [-0.25, -0.2) is 4.98 Å². The molecule has 2 unspecified atom stereocenters. The molecule has 2 aromatic heterocycles. The van der Waals surface area contributed by atoms with Crippen LogP contribution in [0.5, 0.6) is 5.88 Å². The minimum atomic E-state index is 0.561. The lowest BCUT2D eigenvalue weighted by Crippen LogP contribution is -2.57. The maximum Gasteiger partial charge on any atom is 0.213 e. The molecule has 3 aliphatic rings. The van der Waals surface area contributed by atoms with Gasteiger partial charge in [-0.15, -0.1) is 0 Å². The molecule has 0 amide bonds. The fourth-order valence-corrected chi connectivity index (χ4v) is 5.23. The van der Waals surface area contributed by atoms with Crippen LogP contribution in [-0.4, -0.2) is 71.4 Å². The highest BCUT2D eigenvalue weighted by molar-refractivity contribution is 5.88. The van der Waals surface area contributed by atoms with E-state index in [1.54, 1.807) is 0 Å². The van der Waals surface area contributed by atoms with E-state index in [0.717, 1.165) is 68.0 Å². The fourth-order valence-electron chi connectivity index (χ4n) is 5.23. The molecule has 1 aromatic carbocycles. The average molecular weight is 434 g/mol. The van der Waals surface area contributed by atoms with Crippen molar-refractivity contribution in [2.45, 2.75) is 38.4 Å². The second-order valence-corrected chi connectivity index (χ2v) is 9.63. The molecule has 0 N–H and O–H groups in total. The number of aromatic nitrogens is 2. The molecule has 5 heterocycles. The van der Waals surface area contributed by atoms with Gasteiger partial charge in [0.2, 0.25) is 5.88 Å². The van der Waals surface area contributed by atoms with Crippen LogP contribution in [0.4, 0.5) is 5.82 Å². The van der Waals surface area contributed by atoms with Crippen molar-refractivity contribution in [3.05, 3.63) is 48.2 Å². The molecule has 6 rings (SSSR count). The van der Waals surface area contributed by atoms with E-state index in [1.165, 1.54) is 24.9 Å². The van der Waals surface area contributed by atoms with Crippen molar-refractivity contribution in [2.75, 3.05) is 44.2 Å². The van der Waals surface area contributed by atoms with Crippen molar-refractivity contribution >= 4 is 16.8 Å². The topological polar surface area (TPSA) is 57.6 Å². The highest BCUT2D eigenvalue weighted by Gasteiger charge is 2.34. The molecular weight excluding hydrogens is 402 g/mol. The van der Waals surface area contributed by atoms with Crippen LogP contribution >= 0.6 is 0 Å². The number of anilines is 1. The summed E-state index contributed by atoms with van der Waals surface area (Å²) in [6.07, 6.45) is 4.35. The maximum atomic E-state index is 6.07. The molecule has 0 spiro atoms. The number of para-hydroxylation sites is 1. The molecule has 3 saturated heterocycles. The molecule has 3 aliphatic heterocycles. The lowest BCUT2D eigenvalue weighted by Gasteiger charge is -2.46. The van der Waals surface area contributed by atoms with Crippen LogP contribution in [0.25, 0.3) is 11.0 Å². The SMILES string of the molecule is CC1CN1Cc1ccc(OC[C@@H]2CC[C@H]3CN(c4noc5ccccc45)CCN3C2)nc1. The van der Waals surface area contributed by atoms with Gasteiger partial charge < -0.3 is 14.2 Å². The summed E-state index contributed by atoms with van der Waals surface area (Å²) in [6.45, 7) is 9.36. The van der Waals surface area contributed by atoms with Gasteiger partial charge in [0.1, 0.15) is 0 Å². The largest absolute Gasteiger partial charge is 0.477 e. The second kappa shape index (κ2) is 8.37. The molecule has 0 saturated carbocycles. The zero-order valence-corrected chi connectivity index (χ0v) is 18.7. The van der Waals surface area contributed by atoms with E-state index in [4.69, 9.17) is 9.26 Å². The number of hydrogen-bond acceptors (Lipinski definition) is 7. The lowest BCUT2D eigenvalue weighted by atomic mass is 9.91. The molecule has 7 nitrogen and oxygen atoms in total. The highest BCUT2D eigenvalue weighted by Crippen LogP contribution is 2.31. The van der Waals surface area contributed by atoms with Crippen molar-refractivity contribution in [2.24, 2.45) is 5.92 Å². The Balaban J connectivity index is 1.01. The van der Waals surface area contributed by atoms with E-state index in [0.29, 0.717) is 12.0 Å². The number of nitrogens with zero attached hydrogens (tertiary/aromatic N) is 5. The van der Waals surface area contributed by atoms with Crippen LogP contribution in [-0.2, 0) is 6.54 Å². The minimum absolute atomic E-state index is 0.561. The first kappa shape index (κ1) is 20.0. The van der Waals surface area contributed by atoms with Gasteiger partial charge in [0, 0.05) is 69.5 Å². The number of piperidine rings is 1.